The average molecular weight is 186 g/mol. The first kappa shape index (κ1) is 9.70. The Morgan fingerprint density at radius 1 is 1.77 bits per heavy atom. The average Bonchev–Trinajstić information content (AvgIpc) is 2.43. The molecule has 0 unspecified atom stereocenters. The Hall–Kier alpha value is -1.39. The number of unbranched alkanes of at least 4 members (excludes halogenated alkanes) is 1. The Kier molecular flexibility index (Phi) is 3.00. The van der Waals surface area contributed by atoms with Crippen molar-refractivity contribution in [2.45, 2.75) is 26.3 Å². The molecule has 0 fully saturated rings. The third kappa shape index (κ3) is 2.05. The summed E-state index contributed by atoms with van der Waals surface area (Å²) < 4.78 is 14.2. The fourth-order valence-corrected chi connectivity index (χ4v) is 0.978. The molecule has 72 valence electrons. The molecule has 0 aliphatic rings. The second-order valence-electron chi connectivity index (χ2n) is 2.73. The molecule has 4 nitrogen and oxygen atoms in total. The van der Waals surface area contributed by atoms with Gasteiger partial charge in [-0.15, -0.1) is 0 Å². The van der Waals surface area contributed by atoms with Gasteiger partial charge in [-0.1, -0.05) is 13.3 Å². The Balaban J connectivity index is 2.80. The van der Waals surface area contributed by atoms with Gasteiger partial charge in [0, 0.05) is 6.54 Å². The second kappa shape index (κ2) is 4.02. The van der Waals surface area contributed by atoms with Crippen molar-refractivity contribution in [1.29, 1.82) is 0 Å². The molecule has 0 aromatic carbocycles. The van der Waals surface area contributed by atoms with E-state index in [4.69, 9.17) is 5.11 Å². The normalized spacial score (nSPS) is 10.3. The molecule has 0 saturated carbocycles. The van der Waals surface area contributed by atoms with Crippen molar-refractivity contribution in [1.82, 2.24) is 9.78 Å². The zero-order chi connectivity index (χ0) is 9.84. The summed E-state index contributed by atoms with van der Waals surface area (Å²) in [5, 5.41) is 12.1. The summed E-state index contributed by atoms with van der Waals surface area (Å²) in [7, 11) is 0. The van der Waals surface area contributed by atoms with E-state index in [-0.39, 0.29) is 5.56 Å². The number of hydrogen-bond donors (Lipinski definition) is 1. The third-order valence-electron chi connectivity index (χ3n) is 1.73. The number of halogens is 1. The number of rotatable bonds is 4. The summed E-state index contributed by atoms with van der Waals surface area (Å²) >= 11 is 0. The fraction of sp³-hybridized carbons (Fsp3) is 0.500. The minimum absolute atomic E-state index is 0.365. The number of aromatic carboxylic acids is 1. The number of carbonyl (C=O) groups is 1. The van der Waals surface area contributed by atoms with Gasteiger partial charge in [0.1, 0.15) is 5.56 Å². The number of hydrogen-bond acceptors (Lipinski definition) is 2. The lowest BCUT2D eigenvalue weighted by Gasteiger charge is -1.99. The molecule has 0 radical (unpaired) electrons. The molecule has 1 aromatic heterocycles. The molecule has 1 heterocycles. The Labute approximate surface area is 75.0 Å². The van der Waals surface area contributed by atoms with Gasteiger partial charge >= 0.3 is 5.97 Å². The lowest BCUT2D eigenvalue weighted by atomic mass is 10.3. The van der Waals surface area contributed by atoms with E-state index >= 15 is 0 Å². The molecule has 0 aliphatic carbocycles. The summed E-state index contributed by atoms with van der Waals surface area (Å²) in [4.78, 5) is 10.4. The van der Waals surface area contributed by atoms with Gasteiger partial charge in [-0.3, -0.25) is 0 Å². The molecule has 1 N–H and O–H groups in total. The smallest absolute Gasteiger partial charge is 0.342 e. The maximum Gasteiger partial charge on any atom is 0.342 e. The zero-order valence-corrected chi connectivity index (χ0v) is 7.33. The maximum absolute atomic E-state index is 13.1. The molecule has 1 aromatic rings. The summed E-state index contributed by atoms with van der Waals surface area (Å²) in [6.45, 7) is 2.40. The van der Waals surface area contributed by atoms with Crippen LogP contribution in [0.4, 0.5) is 4.39 Å². The standard InChI is InChI=1S/C8H11FN2O2/c1-2-3-4-11-7(9)6(5-10-11)8(12)13/h5H,2-4H2,1H3,(H,12,13). The number of aromatic nitrogens is 2. The molecule has 0 bridgehead atoms. The Bertz CT molecular complexity index is 309. The SMILES string of the molecule is CCCCn1ncc(C(=O)O)c1F. The van der Waals surface area contributed by atoms with E-state index < -0.39 is 11.9 Å². The summed E-state index contributed by atoms with van der Waals surface area (Å²) in [5.74, 6) is -2.04. The molecule has 0 saturated heterocycles. The van der Waals surface area contributed by atoms with Crippen LogP contribution in [0.15, 0.2) is 6.20 Å². The lowest BCUT2D eigenvalue weighted by molar-refractivity contribution is 0.0691. The molecule has 0 aliphatic heterocycles. The van der Waals surface area contributed by atoms with Gasteiger partial charge < -0.3 is 5.11 Å². The van der Waals surface area contributed by atoms with Crippen LogP contribution in [-0.2, 0) is 6.54 Å². The van der Waals surface area contributed by atoms with Crippen LogP contribution in [0.3, 0.4) is 0 Å². The highest BCUT2D eigenvalue weighted by Gasteiger charge is 2.15. The van der Waals surface area contributed by atoms with Gasteiger partial charge in [-0.05, 0) is 6.42 Å². The monoisotopic (exact) mass is 186 g/mol. The lowest BCUT2D eigenvalue weighted by Crippen LogP contribution is -2.05. The van der Waals surface area contributed by atoms with E-state index in [0.717, 1.165) is 23.7 Å². The van der Waals surface area contributed by atoms with Crippen molar-refractivity contribution >= 4 is 5.97 Å². The van der Waals surface area contributed by atoms with Gasteiger partial charge in [0.2, 0.25) is 5.95 Å². The van der Waals surface area contributed by atoms with Crippen LogP contribution in [0.5, 0.6) is 0 Å². The largest absolute Gasteiger partial charge is 0.477 e. The van der Waals surface area contributed by atoms with Crippen molar-refractivity contribution < 1.29 is 14.3 Å². The number of nitrogens with zero attached hydrogens (tertiary/aromatic N) is 2. The van der Waals surface area contributed by atoms with Crippen LogP contribution in [0.25, 0.3) is 0 Å². The predicted octanol–water partition coefficient (Wildman–Crippen LogP) is 1.52. The van der Waals surface area contributed by atoms with Crippen molar-refractivity contribution in [2.75, 3.05) is 0 Å². The van der Waals surface area contributed by atoms with Crippen LogP contribution >= 0.6 is 0 Å². The molecular weight excluding hydrogens is 175 g/mol. The molecule has 5 heteroatoms. The highest BCUT2D eigenvalue weighted by atomic mass is 19.1. The molecule has 0 spiro atoms. The van der Waals surface area contributed by atoms with Gasteiger partial charge in [0.25, 0.3) is 0 Å². The first-order valence-electron chi connectivity index (χ1n) is 4.11. The minimum Gasteiger partial charge on any atom is -0.477 e. The van der Waals surface area contributed by atoms with Crippen LogP contribution < -0.4 is 0 Å². The topological polar surface area (TPSA) is 55.1 Å². The van der Waals surface area contributed by atoms with E-state index in [1.165, 1.54) is 0 Å². The first-order chi connectivity index (χ1) is 6.16. The van der Waals surface area contributed by atoms with Crippen LogP contribution in [0.1, 0.15) is 30.1 Å². The molecule has 13 heavy (non-hydrogen) atoms. The van der Waals surface area contributed by atoms with Crippen molar-refractivity contribution in [2.24, 2.45) is 0 Å². The quantitative estimate of drug-likeness (QED) is 0.775. The Morgan fingerprint density at radius 3 is 2.92 bits per heavy atom. The van der Waals surface area contributed by atoms with Gasteiger partial charge in [0.15, 0.2) is 0 Å². The number of carboxylic acid groups (broad SMARTS) is 1. The van der Waals surface area contributed by atoms with Crippen LogP contribution in [0, 0.1) is 5.95 Å². The van der Waals surface area contributed by atoms with E-state index in [2.05, 4.69) is 5.10 Å². The number of aryl methyl sites for hydroxylation is 1. The van der Waals surface area contributed by atoms with Gasteiger partial charge in [-0.25, -0.2) is 9.48 Å². The molecule has 1 rings (SSSR count). The van der Waals surface area contributed by atoms with Gasteiger partial charge in [-0.2, -0.15) is 9.49 Å². The molecule has 0 amide bonds. The second-order valence-corrected chi connectivity index (χ2v) is 2.73. The van der Waals surface area contributed by atoms with Crippen molar-refractivity contribution in [3.8, 4) is 0 Å². The summed E-state index contributed by atoms with van der Waals surface area (Å²) in [6, 6.07) is 0. The van der Waals surface area contributed by atoms with Crippen LogP contribution in [-0.4, -0.2) is 20.9 Å². The van der Waals surface area contributed by atoms with E-state index in [9.17, 15) is 9.18 Å². The van der Waals surface area contributed by atoms with Crippen LogP contribution in [0.2, 0.25) is 0 Å². The first-order valence-corrected chi connectivity index (χ1v) is 4.11. The highest BCUT2D eigenvalue weighted by molar-refractivity contribution is 5.87. The van der Waals surface area contributed by atoms with E-state index in [1.54, 1.807) is 0 Å². The van der Waals surface area contributed by atoms with Crippen molar-refractivity contribution in [3.05, 3.63) is 17.7 Å². The Morgan fingerprint density at radius 2 is 2.46 bits per heavy atom. The minimum atomic E-state index is -1.28. The van der Waals surface area contributed by atoms with Crippen molar-refractivity contribution in [3.63, 3.8) is 0 Å². The fourth-order valence-electron chi connectivity index (χ4n) is 0.978. The molecular formula is C8H11FN2O2. The highest BCUT2D eigenvalue weighted by Crippen LogP contribution is 2.07. The predicted molar refractivity (Wildman–Crippen MR) is 44.1 cm³/mol. The summed E-state index contributed by atoms with van der Waals surface area (Å²) in [6.07, 6.45) is 2.74. The van der Waals surface area contributed by atoms with E-state index in [1.807, 2.05) is 6.92 Å². The zero-order valence-electron chi connectivity index (χ0n) is 7.33. The van der Waals surface area contributed by atoms with Gasteiger partial charge in [0.05, 0.1) is 6.20 Å². The third-order valence-corrected chi connectivity index (χ3v) is 1.73. The molecule has 0 atom stereocenters. The number of carboxylic acids is 1. The maximum atomic E-state index is 13.1. The summed E-state index contributed by atoms with van der Waals surface area (Å²) in [5.41, 5.74) is -0.365. The van der Waals surface area contributed by atoms with E-state index in [0.29, 0.717) is 6.54 Å².